The Kier molecular flexibility index (Phi) is 4.38. The van der Waals surface area contributed by atoms with Gasteiger partial charge in [-0.25, -0.2) is 0 Å². The Hall–Kier alpha value is -2.35. The van der Waals surface area contributed by atoms with Crippen molar-refractivity contribution in [3.8, 4) is 11.6 Å². The van der Waals surface area contributed by atoms with Crippen molar-refractivity contribution in [2.45, 2.75) is 30.8 Å². The summed E-state index contributed by atoms with van der Waals surface area (Å²) in [4.78, 5) is 0. The molecule has 0 aliphatic heterocycles. The molecule has 0 bridgehead atoms. The number of allylic oxidation sites excluding steroid dienone is 1. The van der Waals surface area contributed by atoms with Crippen molar-refractivity contribution in [1.29, 1.82) is 0 Å². The number of aryl methyl sites for hydroxylation is 1. The van der Waals surface area contributed by atoms with Gasteiger partial charge in [0, 0.05) is 13.0 Å². The highest BCUT2D eigenvalue weighted by molar-refractivity contribution is 7.98. The smallest absolute Gasteiger partial charge is 0.226 e. The summed E-state index contributed by atoms with van der Waals surface area (Å²) < 4.78 is 12.8. The summed E-state index contributed by atoms with van der Waals surface area (Å²) in [6.07, 6.45) is 4.13. The van der Waals surface area contributed by atoms with Gasteiger partial charge < -0.3 is 8.83 Å². The molecule has 0 radical (unpaired) electrons. The number of nitrogens with zero attached hydrogens (tertiary/aromatic N) is 5. The van der Waals surface area contributed by atoms with Gasteiger partial charge in [0.25, 0.3) is 0 Å². The summed E-state index contributed by atoms with van der Waals surface area (Å²) >= 11 is 1.49. The predicted octanol–water partition coefficient (Wildman–Crippen LogP) is 2.96. The zero-order valence-corrected chi connectivity index (χ0v) is 12.9. The number of thioether (sulfide) groups is 1. The minimum Gasteiger partial charge on any atom is -0.461 e. The molecule has 7 nitrogen and oxygen atoms in total. The third-order valence-corrected chi connectivity index (χ3v) is 3.86. The van der Waals surface area contributed by atoms with E-state index in [-0.39, 0.29) is 0 Å². The minimum absolute atomic E-state index is 0.542. The second-order valence-electron chi connectivity index (χ2n) is 4.41. The first-order chi connectivity index (χ1) is 10.8. The molecule has 3 rings (SSSR count). The van der Waals surface area contributed by atoms with Gasteiger partial charge >= 0.3 is 0 Å². The zero-order valence-electron chi connectivity index (χ0n) is 12.1. The molecule has 0 N–H and O–H groups in total. The highest BCUT2D eigenvalue weighted by Crippen LogP contribution is 2.26. The van der Waals surface area contributed by atoms with Crippen molar-refractivity contribution >= 4 is 11.8 Å². The van der Waals surface area contributed by atoms with E-state index in [1.807, 2.05) is 23.6 Å². The van der Waals surface area contributed by atoms with E-state index in [9.17, 15) is 0 Å². The average Bonchev–Trinajstić information content (AvgIpc) is 3.26. The van der Waals surface area contributed by atoms with E-state index in [1.165, 1.54) is 11.8 Å². The van der Waals surface area contributed by atoms with Crippen molar-refractivity contribution in [2.24, 2.45) is 0 Å². The molecule has 0 amide bonds. The third-order valence-electron chi connectivity index (χ3n) is 2.91. The van der Waals surface area contributed by atoms with Gasteiger partial charge in [0.1, 0.15) is 0 Å². The molecule has 0 unspecified atom stereocenters. The Morgan fingerprint density at radius 3 is 2.82 bits per heavy atom. The van der Waals surface area contributed by atoms with Crippen LogP contribution in [0.3, 0.4) is 0 Å². The number of hydrogen-bond donors (Lipinski definition) is 0. The van der Waals surface area contributed by atoms with Crippen LogP contribution in [0, 0.1) is 0 Å². The molecule has 0 aliphatic carbocycles. The molecule has 22 heavy (non-hydrogen) atoms. The van der Waals surface area contributed by atoms with Crippen LogP contribution >= 0.6 is 11.8 Å². The van der Waals surface area contributed by atoms with Gasteiger partial charge in [-0.1, -0.05) is 24.8 Å². The highest BCUT2D eigenvalue weighted by atomic mass is 32.2. The Morgan fingerprint density at radius 1 is 1.27 bits per heavy atom. The lowest BCUT2D eigenvalue weighted by Gasteiger charge is -2.04. The maximum absolute atomic E-state index is 5.49. The topological polar surface area (TPSA) is 82.8 Å². The molecule has 0 fully saturated rings. The summed E-state index contributed by atoms with van der Waals surface area (Å²) in [6.45, 7) is 6.34. The van der Waals surface area contributed by atoms with Crippen molar-refractivity contribution in [2.75, 3.05) is 0 Å². The van der Waals surface area contributed by atoms with Crippen LogP contribution in [-0.2, 0) is 18.7 Å². The van der Waals surface area contributed by atoms with Crippen molar-refractivity contribution < 1.29 is 8.83 Å². The van der Waals surface area contributed by atoms with Gasteiger partial charge in [-0.15, -0.1) is 27.0 Å². The molecule has 114 valence electrons. The number of rotatable bonds is 7. The monoisotopic (exact) mass is 317 g/mol. The summed E-state index contributed by atoms with van der Waals surface area (Å²) in [5.74, 6) is 3.11. The normalized spacial score (nSPS) is 11.0. The maximum Gasteiger partial charge on any atom is 0.226 e. The van der Waals surface area contributed by atoms with E-state index in [1.54, 1.807) is 12.3 Å². The van der Waals surface area contributed by atoms with Crippen LogP contribution in [-0.4, -0.2) is 25.0 Å². The van der Waals surface area contributed by atoms with E-state index in [0.717, 1.165) is 11.6 Å². The van der Waals surface area contributed by atoms with E-state index >= 15 is 0 Å². The number of aromatic nitrogens is 5. The van der Waals surface area contributed by atoms with Crippen molar-refractivity contribution in [1.82, 2.24) is 25.0 Å². The first kappa shape index (κ1) is 14.6. The van der Waals surface area contributed by atoms with Crippen molar-refractivity contribution in [3.63, 3.8) is 0 Å². The second-order valence-corrected chi connectivity index (χ2v) is 5.36. The second kappa shape index (κ2) is 6.61. The summed E-state index contributed by atoms with van der Waals surface area (Å²) in [5.41, 5.74) is 0. The van der Waals surface area contributed by atoms with Gasteiger partial charge in [-0.2, -0.15) is 0 Å². The number of furan rings is 1. The number of hydrogen-bond acceptors (Lipinski definition) is 7. The van der Waals surface area contributed by atoms with Crippen LogP contribution < -0.4 is 0 Å². The molecule has 0 saturated carbocycles. The quantitative estimate of drug-likeness (QED) is 0.489. The summed E-state index contributed by atoms with van der Waals surface area (Å²) in [5, 5.41) is 17.1. The molecule has 8 heteroatoms. The van der Waals surface area contributed by atoms with Crippen molar-refractivity contribution in [3.05, 3.63) is 42.8 Å². The van der Waals surface area contributed by atoms with Crippen LogP contribution in [0.5, 0.6) is 0 Å². The molecule has 0 aliphatic rings. The standard InChI is InChI=1S/C14H15N5O2S/c1-3-7-19-13(10-6-5-8-20-10)17-18-14(19)22-9-12-16-15-11(4-2)21-12/h3,5-6,8H,1,4,7,9H2,2H3. The summed E-state index contributed by atoms with van der Waals surface area (Å²) in [7, 11) is 0. The Morgan fingerprint density at radius 2 is 2.14 bits per heavy atom. The third kappa shape index (κ3) is 2.96. The average molecular weight is 317 g/mol. The van der Waals surface area contributed by atoms with Gasteiger partial charge in [0.2, 0.25) is 17.6 Å². The van der Waals surface area contributed by atoms with Gasteiger partial charge in [-0.05, 0) is 12.1 Å². The van der Waals surface area contributed by atoms with Gasteiger partial charge in [0.15, 0.2) is 10.9 Å². The van der Waals surface area contributed by atoms with E-state index in [0.29, 0.717) is 35.7 Å². The van der Waals surface area contributed by atoms with E-state index < -0.39 is 0 Å². The molecule has 3 heterocycles. The van der Waals surface area contributed by atoms with Gasteiger partial charge in [-0.3, -0.25) is 4.57 Å². The molecular formula is C14H15N5O2S. The first-order valence-corrected chi connectivity index (χ1v) is 7.82. The fourth-order valence-electron chi connectivity index (χ4n) is 1.89. The fourth-order valence-corrected chi connectivity index (χ4v) is 2.68. The molecular weight excluding hydrogens is 302 g/mol. The predicted molar refractivity (Wildman–Crippen MR) is 81.2 cm³/mol. The molecule has 3 aromatic rings. The molecule has 0 aromatic carbocycles. The van der Waals surface area contributed by atoms with Crippen LogP contribution in [0.1, 0.15) is 18.7 Å². The van der Waals surface area contributed by atoms with Crippen LogP contribution in [0.15, 0.2) is 45.0 Å². The summed E-state index contributed by atoms with van der Waals surface area (Å²) in [6, 6.07) is 3.67. The zero-order chi connectivity index (χ0) is 15.4. The molecule has 0 spiro atoms. The van der Waals surface area contributed by atoms with E-state index in [2.05, 4.69) is 27.0 Å². The first-order valence-electron chi connectivity index (χ1n) is 6.83. The lowest BCUT2D eigenvalue weighted by Crippen LogP contribution is -2.00. The highest BCUT2D eigenvalue weighted by Gasteiger charge is 2.16. The van der Waals surface area contributed by atoms with Crippen LogP contribution in [0.25, 0.3) is 11.6 Å². The lowest BCUT2D eigenvalue weighted by atomic mass is 10.4. The van der Waals surface area contributed by atoms with E-state index in [4.69, 9.17) is 8.83 Å². The molecule has 3 aromatic heterocycles. The van der Waals surface area contributed by atoms with Gasteiger partial charge in [0.05, 0.1) is 12.0 Å². The SMILES string of the molecule is C=CCn1c(SCc2nnc(CC)o2)nnc1-c1ccco1. The minimum atomic E-state index is 0.542. The maximum atomic E-state index is 5.49. The Balaban J connectivity index is 1.79. The van der Waals surface area contributed by atoms with Crippen LogP contribution in [0.2, 0.25) is 0 Å². The fraction of sp³-hybridized carbons (Fsp3) is 0.286. The largest absolute Gasteiger partial charge is 0.461 e. The Labute approximate surface area is 131 Å². The Bertz CT molecular complexity index is 747. The molecule has 0 saturated heterocycles. The van der Waals surface area contributed by atoms with Crippen LogP contribution in [0.4, 0.5) is 0 Å². The lowest BCUT2D eigenvalue weighted by molar-refractivity contribution is 0.469. The molecule has 0 atom stereocenters.